The average molecular weight is 401 g/mol. The Balaban J connectivity index is 1.53. The van der Waals surface area contributed by atoms with Crippen molar-refractivity contribution in [1.82, 2.24) is 4.98 Å². The molecular formula is C26H28N2O2. The lowest BCUT2D eigenvalue weighted by molar-refractivity contribution is -0.116. The third kappa shape index (κ3) is 3.95. The van der Waals surface area contributed by atoms with Gasteiger partial charge in [0.1, 0.15) is 5.76 Å². The fraction of sp³-hybridized carbons (Fsp3) is 0.308. The third-order valence-corrected chi connectivity index (χ3v) is 6.02. The Kier molecular flexibility index (Phi) is 5.84. The van der Waals surface area contributed by atoms with Crippen molar-refractivity contribution in [2.75, 3.05) is 6.54 Å². The first-order chi connectivity index (χ1) is 14.6. The smallest absolute Gasteiger partial charge is 0.168 e. The number of hydrogen-bond donors (Lipinski definition) is 2. The number of aromatic amines is 1. The zero-order valence-corrected chi connectivity index (χ0v) is 17.6. The zero-order chi connectivity index (χ0) is 21.1. The Morgan fingerprint density at radius 3 is 2.57 bits per heavy atom. The number of para-hydroxylation sites is 1. The molecule has 0 saturated carbocycles. The number of aliphatic hydroxyl groups excluding tert-OH is 1. The van der Waals surface area contributed by atoms with Gasteiger partial charge in [-0.2, -0.15) is 0 Å². The summed E-state index contributed by atoms with van der Waals surface area (Å²) < 4.78 is 0. The summed E-state index contributed by atoms with van der Waals surface area (Å²) >= 11 is 0. The third-order valence-electron chi connectivity index (χ3n) is 6.02. The number of fused-ring (bicyclic) bond motifs is 1. The summed E-state index contributed by atoms with van der Waals surface area (Å²) in [6.45, 7) is 4.67. The van der Waals surface area contributed by atoms with Crippen molar-refractivity contribution in [3.8, 4) is 0 Å². The molecule has 1 atom stereocenters. The van der Waals surface area contributed by atoms with E-state index in [1.165, 1.54) is 10.9 Å². The van der Waals surface area contributed by atoms with E-state index in [1.54, 1.807) is 0 Å². The first kappa shape index (κ1) is 20.1. The van der Waals surface area contributed by atoms with Crippen LogP contribution in [-0.2, 0) is 11.2 Å². The van der Waals surface area contributed by atoms with Crippen molar-refractivity contribution in [2.45, 2.75) is 45.4 Å². The first-order valence-corrected chi connectivity index (χ1v) is 10.7. The lowest BCUT2D eigenvalue weighted by Crippen LogP contribution is -2.23. The molecule has 2 aromatic carbocycles. The number of ketones is 1. The van der Waals surface area contributed by atoms with Crippen LogP contribution in [0.2, 0.25) is 0 Å². The molecule has 1 aromatic heterocycles. The molecule has 0 aliphatic heterocycles. The van der Waals surface area contributed by atoms with Crippen LogP contribution in [-0.4, -0.2) is 28.1 Å². The molecule has 1 aliphatic carbocycles. The monoisotopic (exact) mass is 400 g/mol. The largest absolute Gasteiger partial charge is 0.511 e. The summed E-state index contributed by atoms with van der Waals surface area (Å²) in [5.41, 5.74) is 5.83. The number of aliphatic imine (C=N–C) groups is 1. The molecule has 4 rings (SSSR count). The second kappa shape index (κ2) is 8.70. The number of carbonyl (C=O) groups excluding carboxylic acids is 1. The van der Waals surface area contributed by atoms with Crippen molar-refractivity contribution >= 4 is 22.4 Å². The van der Waals surface area contributed by atoms with Gasteiger partial charge >= 0.3 is 0 Å². The molecule has 1 aliphatic rings. The zero-order valence-electron chi connectivity index (χ0n) is 17.6. The van der Waals surface area contributed by atoms with E-state index >= 15 is 0 Å². The van der Waals surface area contributed by atoms with E-state index in [1.807, 2.05) is 49.4 Å². The van der Waals surface area contributed by atoms with Crippen LogP contribution in [0.15, 0.2) is 70.9 Å². The highest BCUT2D eigenvalue weighted by Crippen LogP contribution is 2.34. The van der Waals surface area contributed by atoms with Crippen molar-refractivity contribution in [3.05, 3.63) is 82.8 Å². The molecular weight excluding hydrogens is 372 g/mol. The number of allylic oxidation sites excluding steroid dienone is 2. The Morgan fingerprint density at radius 1 is 1.10 bits per heavy atom. The Hall–Kier alpha value is -3.14. The molecule has 0 fully saturated rings. The van der Waals surface area contributed by atoms with Crippen LogP contribution in [0.5, 0.6) is 0 Å². The summed E-state index contributed by atoms with van der Waals surface area (Å²) in [5.74, 6) is 0.217. The standard InChI is InChI=1S/C26H28N2O2/c1-3-22(27-14-13-20-17(2)28-23-12-8-7-11-21(20)23)26-24(29)15-19(16-25(26)30)18-9-5-4-6-10-18/h4-12,19,28-29H,3,13-16H2,1-2H3. The maximum atomic E-state index is 12.9. The van der Waals surface area contributed by atoms with Crippen molar-refractivity contribution < 1.29 is 9.90 Å². The van der Waals surface area contributed by atoms with Gasteiger partial charge < -0.3 is 10.1 Å². The van der Waals surface area contributed by atoms with Crippen LogP contribution in [0.3, 0.4) is 0 Å². The number of aryl methyl sites for hydroxylation is 1. The van der Waals surface area contributed by atoms with Gasteiger partial charge in [-0.25, -0.2) is 0 Å². The predicted molar refractivity (Wildman–Crippen MR) is 122 cm³/mol. The van der Waals surface area contributed by atoms with Crippen LogP contribution in [0.25, 0.3) is 10.9 Å². The number of aromatic nitrogens is 1. The normalized spacial score (nSPS) is 17.7. The minimum atomic E-state index is -0.00326. The molecule has 154 valence electrons. The summed E-state index contributed by atoms with van der Waals surface area (Å²) in [5, 5.41) is 11.9. The highest BCUT2D eigenvalue weighted by atomic mass is 16.3. The maximum absolute atomic E-state index is 12.9. The van der Waals surface area contributed by atoms with Gasteiger partial charge in [-0.3, -0.25) is 9.79 Å². The highest BCUT2D eigenvalue weighted by molar-refractivity contribution is 6.23. The van der Waals surface area contributed by atoms with Crippen molar-refractivity contribution in [3.63, 3.8) is 0 Å². The Morgan fingerprint density at radius 2 is 1.83 bits per heavy atom. The maximum Gasteiger partial charge on any atom is 0.168 e. The van der Waals surface area contributed by atoms with E-state index < -0.39 is 0 Å². The van der Waals surface area contributed by atoms with Gasteiger partial charge in [0.25, 0.3) is 0 Å². The lowest BCUT2D eigenvalue weighted by atomic mass is 9.81. The molecule has 4 nitrogen and oxygen atoms in total. The second-order valence-electron chi connectivity index (χ2n) is 7.97. The summed E-state index contributed by atoms with van der Waals surface area (Å²) in [4.78, 5) is 21.1. The fourth-order valence-corrected chi connectivity index (χ4v) is 4.51. The second-order valence-corrected chi connectivity index (χ2v) is 7.97. The fourth-order valence-electron chi connectivity index (χ4n) is 4.51. The molecule has 1 heterocycles. The lowest BCUT2D eigenvalue weighted by Gasteiger charge is -2.24. The van der Waals surface area contributed by atoms with Gasteiger partial charge in [0, 0.05) is 41.7 Å². The Labute approximate surface area is 177 Å². The summed E-state index contributed by atoms with van der Waals surface area (Å²) in [6, 6.07) is 18.2. The molecule has 0 saturated heterocycles. The van der Waals surface area contributed by atoms with E-state index in [9.17, 15) is 9.90 Å². The molecule has 0 spiro atoms. The minimum absolute atomic E-state index is 0.00326. The van der Waals surface area contributed by atoms with Crippen LogP contribution >= 0.6 is 0 Å². The average Bonchev–Trinajstić information content (AvgIpc) is 3.07. The number of rotatable bonds is 6. The minimum Gasteiger partial charge on any atom is -0.511 e. The van der Waals surface area contributed by atoms with E-state index in [0.717, 1.165) is 28.9 Å². The van der Waals surface area contributed by atoms with E-state index in [-0.39, 0.29) is 17.5 Å². The van der Waals surface area contributed by atoms with Gasteiger partial charge in [-0.1, -0.05) is 55.5 Å². The first-order valence-electron chi connectivity index (χ1n) is 10.7. The number of nitrogens with zero attached hydrogens (tertiary/aromatic N) is 1. The molecule has 4 heteroatoms. The van der Waals surface area contributed by atoms with E-state index in [0.29, 0.717) is 31.4 Å². The number of aliphatic hydroxyl groups is 1. The number of Topliss-reactive ketones (excluding diaryl/α,β-unsaturated/α-hetero) is 1. The quantitative estimate of drug-likeness (QED) is 0.511. The summed E-state index contributed by atoms with van der Waals surface area (Å²) in [7, 11) is 0. The van der Waals surface area contributed by atoms with Crippen LogP contribution in [0, 0.1) is 6.92 Å². The SMILES string of the molecule is CCC(=NCCc1c(C)[nH]c2ccccc12)C1=C(O)CC(c2ccccc2)CC1=O. The molecule has 2 N–H and O–H groups in total. The number of carbonyl (C=O) groups is 1. The van der Waals surface area contributed by atoms with Gasteiger partial charge in [0.2, 0.25) is 0 Å². The number of nitrogens with one attached hydrogen (secondary N) is 1. The van der Waals surface area contributed by atoms with Crippen molar-refractivity contribution in [1.29, 1.82) is 0 Å². The molecule has 3 aromatic rings. The van der Waals surface area contributed by atoms with Crippen molar-refractivity contribution in [2.24, 2.45) is 4.99 Å². The van der Waals surface area contributed by atoms with E-state index in [2.05, 4.69) is 24.0 Å². The predicted octanol–water partition coefficient (Wildman–Crippen LogP) is 5.83. The molecule has 0 radical (unpaired) electrons. The van der Waals surface area contributed by atoms with Gasteiger partial charge in [-0.15, -0.1) is 0 Å². The van der Waals surface area contributed by atoms with Crippen LogP contribution in [0.4, 0.5) is 0 Å². The Bertz CT molecular complexity index is 1120. The number of H-pyrrole nitrogens is 1. The van der Waals surface area contributed by atoms with E-state index in [4.69, 9.17) is 4.99 Å². The molecule has 30 heavy (non-hydrogen) atoms. The molecule has 0 bridgehead atoms. The molecule has 0 amide bonds. The van der Waals surface area contributed by atoms with Gasteiger partial charge in [0.05, 0.1) is 5.57 Å². The van der Waals surface area contributed by atoms with Gasteiger partial charge in [-0.05, 0) is 42.9 Å². The van der Waals surface area contributed by atoms with Crippen LogP contribution < -0.4 is 0 Å². The molecule has 1 unspecified atom stereocenters. The number of benzene rings is 2. The highest BCUT2D eigenvalue weighted by Gasteiger charge is 2.30. The van der Waals surface area contributed by atoms with Crippen LogP contribution in [0.1, 0.15) is 48.9 Å². The van der Waals surface area contributed by atoms with Gasteiger partial charge in [0.15, 0.2) is 5.78 Å². The topological polar surface area (TPSA) is 65.4 Å². The summed E-state index contributed by atoms with van der Waals surface area (Å²) in [6.07, 6.45) is 2.35. The number of hydrogen-bond acceptors (Lipinski definition) is 3.